The second kappa shape index (κ2) is 3.29. The fourth-order valence-electron chi connectivity index (χ4n) is 1.63. The largest absolute Gasteiger partial charge is 0.507 e. The van der Waals surface area contributed by atoms with E-state index in [1.807, 2.05) is 18.2 Å². The van der Waals surface area contributed by atoms with Gasteiger partial charge in [0.2, 0.25) is 0 Å². The van der Waals surface area contributed by atoms with E-state index in [-0.39, 0.29) is 0 Å². The second-order valence-electron chi connectivity index (χ2n) is 3.75. The molecular weight excluding hydrogens is 174 g/mol. The summed E-state index contributed by atoms with van der Waals surface area (Å²) in [6.45, 7) is 4.13. The first-order chi connectivity index (χ1) is 6.70. The van der Waals surface area contributed by atoms with E-state index in [1.165, 1.54) is 0 Å². The summed E-state index contributed by atoms with van der Waals surface area (Å²) >= 11 is 0. The van der Waals surface area contributed by atoms with Gasteiger partial charge in [-0.2, -0.15) is 0 Å². The van der Waals surface area contributed by atoms with Gasteiger partial charge in [0.15, 0.2) is 0 Å². The van der Waals surface area contributed by atoms with E-state index in [0.717, 1.165) is 16.3 Å². The normalized spacial score (nSPS) is 11.1. The minimum atomic E-state index is 0.333. The molecule has 0 fully saturated rings. The van der Waals surface area contributed by atoms with Crippen molar-refractivity contribution in [1.29, 1.82) is 0 Å². The van der Waals surface area contributed by atoms with Gasteiger partial charge in [0, 0.05) is 17.8 Å². The summed E-state index contributed by atoms with van der Waals surface area (Å²) in [5.41, 5.74) is 0.977. The molecule has 2 aromatic rings. The third-order valence-corrected chi connectivity index (χ3v) is 2.45. The smallest absolute Gasteiger partial charge is 0.128 e. The summed E-state index contributed by atoms with van der Waals surface area (Å²) in [5.74, 6) is 0.699. The Morgan fingerprint density at radius 1 is 1.21 bits per heavy atom. The summed E-state index contributed by atoms with van der Waals surface area (Å²) in [6.07, 6.45) is 3.44. The van der Waals surface area contributed by atoms with E-state index in [0.29, 0.717) is 11.7 Å². The van der Waals surface area contributed by atoms with Crippen LogP contribution in [0.15, 0.2) is 30.6 Å². The topological polar surface area (TPSA) is 33.1 Å². The van der Waals surface area contributed by atoms with Crippen LogP contribution in [0.25, 0.3) is 10.8 Å². The number of fused-ring (bicyclic) bond motifs is 1. The molecule has 1 heterocycles. The highest BCUT2D eigenvalue weighted by Crippen LogP contribution is 2.32. The maximum atomic E-state index is 9.98. The number of benzene rings is 1. The van der Waals surface area contributed by atoms with E-state index in [9.17, 15) is 5.11 Å². The van der Waals surface area contributed by atoms with Gasteiger partial charge in [0.25, 0.3) is 0 Å². The fraction of sp³-hybridized carbons (Fsp3) is 0.250. The SMILES string of the molecule is CC(C)c1ccc2ccncc2c1O. The second-order valence-corrected chi connectivity index (χ2v) is 3.75. The molecule has 0 unspecified atom stereocenters. The van der Waals surface area contributed by atoms with Crippen molar-refractivity contribution in [3.05, 3.63) is 36.2 Å². The van der Waals surface area contributed by atoms with Crippen LogP contribution in [-0.2, 0) is 0 Å². The average Bonchev–Trinajstić information content (AvgIpc) is 2.18. The zero-order chi connectivity index (χ0) is 10.1. The predicted octanol–water partition coefficient (Wildman–Crippen LogP) is 3.06. The lowest BCUT2D eigenvalue weighted by Crippen LogP contribution is -1.89. The summed E-state index contributed by atoms with van der Waals surface area (Å²) < 4.78 is 0. The molecule has 0 saturated carbocycles. The van der Waals surface area contributed by atoms with Crippen molar-refractivity contribution in [2.45, 2.75) is 19.8 Å². The van der Waals surface area contributed by atoms with Gasteiger partial charge >= 0.3 is 0 Å². The third-order valence-electron chi connectivity index (χ3n) is 2.45. The molecule has 1 N–H and O–H groups in total. The molecule has 0 aliphatic heterocycles. The lowest BCUT2D eigenvalue weighted by Gasteiger charge is -2.10. The number of rotatable bonds is 1. The van der Waals surface area contributed by atoms with Gasteiger partial charge in [-0.05, 0) is 22.9 Å². The Kier molecular flexibility index (Phi) is 2.12. The lowest BCUT2D eigenvalue weighted by molar-refractivity contribution is 0.471. The van der Waals surface area contributed by atoms with E-state index in [2.05, 4.69) is 18.8 Å². The molecule has 1 aromatic carbocycles. The van der Waals surface area contributed by atoms with Gasteiger partial charge in [-0.3, -0.25) is 4.98 Å². The number of nitrogens with zero attached hydrogens (tertiary/aromatic N) is 1. The van der Waals surface area contributed by atoms with E-state index in [4.69, 9.17) is 0 Å². The monoisotopic (exact) mass is 187 g/mol. The number of hydrogen-bond donors (Lipinski definition) is 1. The maximum Gasteiger partial charge on any atom is 0.128 e. The number of aromatic nitrogens is 1. The molecule has 0 saturated heterocycles. The van der Waals surface area contributed by atoms with Crippen LogP contribution in [0.4, 0.5) is 0 Å². The number of pyridine rings is 1. The van der Waals surface area contributed by atoms with Crippen molar-refractivity contribution in [2.24, 2.45) is 0 Å². The molecule has 14 heavy (non-hydrogen) atoms. The van der Waals surface area contributed by atoms with Gasteiger partial charge in [0.05, 0.1) is 0 Å². The standard InChI is InChI=1S/C12H13NO/c1-8(2)10-4-3-9-5-6-13-7-11(9)12(10)14/h3-8,14H,1-2H3. The minimum absolute atomic E-state index is 0.333. The minimum Gasteiger partial charge on any atom is -0.507 e. The van der Waals surface area contributed by atoms with Crippen molar-refractivity contribution in [2.75, 3.05) is 0 Å². The predicted molar refractivity (Wildman–Crippen MR) is 57.5 cm³/mol. The van der Waals surface area contributed by atoms with Gasteiger partial charge in [0.1, 0.15) is 5.75 Å². The molecule has 0 amide bonds. The summed E-state index contributed by atoms with van der Waals surface area (Å²) in [7, 11) is 0. The van der Waals surface area contributed by atoms with Crippen molar-refractivity contribution in [1.82, 2.24) is 4.98 Å². The zero-order valence-electron chi connectivity index (χ0n) is 8.36. The molecule has 0 spiro atoms. The van der Waals surface area contributed by atoms with E-state index in [1.54, 1.807) is 12.4 Å². The number of phenolic OH excluding ortho intramolecular Hbond substituents is 1. The first kappa shape index (κ1) is 9.00. The molecule has 2 rings (SSSR count). The van der Waals surface area contributed by atoms with Crippen LogP contribution in [-0.4, -0.2) is 10.1 Å². The average molecular weight is 187 g/mol. The number of hydrogen-bond acceptors (Lipinski definition) is 2. The van der Waals surface area contributed by atoms with Crippen LogP contribution in [0.5, 0.6) is 5.75 Å². The Hall–Kier alpha value is -1.57. The lowest BCUT2D eigenvalue weighted by atomic mass is 9.99. The van der Waals surface area contributed by atoms with Crippen LogP contribution in [0, 0.1) is 0 Å². The van der Waals surface area contributed by atoms with Crippen LogP contribution in [0.1, 0.15) is 25.3 Å². The Morgan fingerprint density at radius 2 is 2.00 bits per heavy atom. The molecule has 0 aliphatic rings. The molecule has 72 valence electrons. The van der Waals surface area contributed by atoms with E-state index >= 15 is 0 Å². The van der Waals surface area contributed by atoms with Gasteiger partial charge in [-0.15, -0.1) is 0 Å². The van der Waals surface area contributed by atoms with Gasteiger partial charge in [-0.1, -0.05) is 26.0 Å². The first-order valence-corrected chi connectivity index (χ1v) is 4.75. The number of phenols is 1. The van der Waals surface area contributed by atoms with Crippen LogP contribution in [0.3, 0.4) is 0 Å². The Balaban J connectivity index is 2.75. The molecule has 1 aromatic heterocycles. The Morgan fingerprint density at radius 3 is 2.71 bits per heavy atom. The van der Waals surface area contributed by atoms with Crippen LogP contribution >= 0.6 is 0 Å². The summed E-state index contributed by atoms with van der Waals surface area (Å²) in [4.78, 5) is 4.01. The van der Waals surface area contributed by atoms with Crippen molar-refractivity contribution >= 4 is 10.8 Å². The molecule has 0 aliphatic carbocycles. The number of aromatic hydroxyl groups is 1. The zero-order valence-corrected chi connectivity index (χ0v) is 8.36. The fourth-order valence-corrected chi connectivity index (χ4v) is 1.63. The maximum absolute atomic E-state index is 9.98. The summed E-state index contributed by atoms with van der Waals surface area (Å²) in [5, 5.41) is 11.8. The highest BCUT2D eigenvalue weighted by Gasteiger charge is 2.08. The molecule has 2 nitrogen and oxygen atoms in total. The summed E-state index contributed by atoms with van der Waals surface area (Å²) in [6, 6.07) is 5.90. The Bertz CT molecular complexity index is 463. The Labute approximate surface area is 83.2 Å². The van der Waals surface area contributed by atoms with Crippen molar-refractivity contribution in [3.8, 4) is 5.75 Å². The first-order valence-electron chi connectivity index (χ1n) is 4.75. The van der Waals surface area contributed by atoms with Gasteiger partial charge in [-0.25, -0.2) is 0 Å². The molecular formula is C12H13NO. The van der Waals surface area contributed by atoms with Crippen molar-refractivity contribution in [3.63, 3.8) is 0 Å². The molecule has 2 heteroatoms. The quantitative estimate of drug-likeness (QED) is 0.744. The van der Waals surface area contributed by atoms with Crippen molar-refractivity contribution < 1.29 is 5.11 Å². The highest BCUT2D eigenvalue weighted by molar-refractivity contribution is 5.88. The van der Waals surface area contributed by atoms with Gasteiger partial charge < -0.3 is 5.11 Å². The molecule has 0 radical (unpaired) electrons. The molecule has 0 atom stereocenters. The third kappa shape index (κ3) is 1.33. The molecule has 0 bridgehead atoms. The highest BCUT2D eigenvalue weighted by atomic mass is 16.3. The van der Waals surface area contributed by atoms with Crippen LogP contribution < -0.4 is 0 Å². The van der Waals surface area contributed by atoms with Crippen LogP contribution in [0.2, 0.25) is 0 Å². The van der Waals surface area contributed by atoms with E-state index < -0.39 is 0 Å².